The molecule has 4 nitrogen and oxygen atoms in total. The molecule has 1 N–H and O–H groups in total. The maximum atomic E-state index is 6.18. The molecule has 3 aliphatic rings. The lowest BCUT2D eigenvalue weighted by Gasteiger charge is -2.33. The van der Waals surface area contributed by atoms with Gasteiger partial charge >= 0.3 is 0 Å². The Balaban J connectivity index is 1.54. The lowest BCUT2D eigenvalue weighted by molar-refractivity contribution is -0.0196. The zero-order valence-corrected chi connectivity index (χ0v) is 10.8. The molecule has 0 radical (unpaired) electrons. The molecule has 3 fully saturated rings. The first-order valence-electron chi connectivity index (χ1n) is 7.24. The van der Waals surface area contributed by atoms with Crippen LogP contribution in [0.5, 0.6) is 0 Å². The topological polar surface area (TPSA) is 39.1 Å². The normalized spacial score (nSPS) is 31.0. The van der Waals surface area contributed by atoms with Crippen LogP contribution in [0.2, 0.25) is 0 Å². The zero-order valence-electron chi connectivity index (χ0n) is 10.8. The minimum Gasteiger partial charge on any atom is -0.373 e. The van der Waals surface area contributed by atoms with Crippen molar-refractivity contribution in [2.75, 3.05) is 19.7 Å². The van der Waals surface area contributed by atoms with Gasteiger partial charge in [-0.15, -0.1) is 0 Å². The van der Waals surface area contributed by atoms with E-state index in [1.165, 1.54) is 25.1 Å². The number of nitrogens with zero attached hydrogens (tertiary/aromatic N) is 2. The van der Waals surface area contributed by atoms with Crippen molar-refractivity contribution in [3.05, 3.63) is 18.2 Å². The fourth-order valence-corrected chi connectivity index (χ4v) is 3.52. The van der Waals surface area contributed by atoms with Crippen LogP contribution >= 0.6 is 0 Å². The molecule has 1 aromatic rings. The van der Waals surface area contributed by atoms with E-state index in [0.717, 1.165) is 38.5 Å². The molecule has 4 heteroatoms. The monoisotopic (exact) mass is 247 g/mol. The molecular formula is C14H21N3O. The van der Waals surface area contributed by atoms with Crippen LogP contribution in [0.15, 0.2) is 12.4 Å². The molecule has 0 aromatic carbocycles. The number of hydrogen-bond donors (Lipinski definition) is 1. The lowest BCUT2D eigenvalue weighted by atomic mass is 9.88. The van der Waals surface area contributed by atoms with Gasteiger partial charge in [0.15, 0.2) is 0 Å². The van der Waals surface area contributed by atoms with Crippen LogP contribution < -0.4 is 5.32 Å². The van der Waals surface area contributed by atoms with E-state index in [9.17, 15) is 0 Å². The molecule has 1 spiro atoms. The highest BCUT2D eigenvalue weighted by Crippen LogP contribution is 2.44. The maximum absolute atomic E-state index is 6.18. The van der Waals surface area contributed by atoms with E-state index < -0.39 is 0 Å². The van der Waals surface area contributed by atoms with Crippen molar-refractivity contribution >= 4 is 0 Å². The van der Waals surface area contributed by atoms with Crippen molar-refractivity contribution in [1.29, 1.82) is 0 Å². The number of rotatable bonds is 2. The summed E-state index contributed by atoms with van der Waals surface area (Å²) in [7, 11) is 0. The third-order valence-corrected chi connectivity index (χ3v) is 4.74. The second-order valence-electron chi connectivity index (χ2n) is 6.07. The summed E-state index contributed by atoms with van der Waals surface area (Å²) in [6, 6.07) is 0.515. The summed E-state index contributed by atoms with van der Waals surface area (Å²) in [4.78, 5) is 4.55. The van der Waals surface area contributed by atoms with Crippen molar-refractivity contribution in [2.45, 2.75) is 49.7 Å². The Bertz CT molecular complexity index is 432. The maximum Gasteiger partial charge on any atom is 0.112 e. The van der Waals surface area contributed by atoms with Gasteiger partial charge < -0.3 is 14.6 Å². The molecule has 0 amide bonds. The predicted molar refractivity (Wildman–Crippen MR) is 68.6 cm³/mol. The number of ether oxygens (including phenoxy) is 1. The molecule has 18 heavy (non-hydrogen) atoms. The minimum absolute atomic E-state index is 0.154. The quantitative estimate of drug-likeness (QED) is 0.867. The number of hydrogen-bond acceptors (Lipinski definition) is 3. The second kappa shape index (κ2) is 4.07. The molecule has 1 saturated carbocycles. The Labute approximate surface area is 108 Å². The summed E-state index contributed by atoms with van der Waals surface area (Å²) < 4.78 is 8.58. The van der Waals surface area contributed by atoms with E-state index in [1.54, 1.807) is 0 Å². The highest BCUT2D eigenvalue weighted by atomic mass is 16.5. The van der Waals surface area contributed by atoms with E-state index in [-0.39, 0.29) is 5.60 Å². The van der Waals surface area contributed by atoms with Crippen molar-refractivity contribution in [3.8, 4) is 0 Å². The summed E-state index contributed by atoms with van der Waals surface area (Å²) in [5.41, 5.74) is 0.154. The van der Waals surface area contributed by atoms with Gasteiger partial charge in [-0.3, -0.25) is 0 Å². The van der Waals surface area contributed by atoms with E-state index in [0.29, 0.717) is 6.04 Å². The second-order valence-corrected chi connectivity index (χ2v) is 6.07. The van der Waals surface area contributed by atoms with Gasteiger partial charge in [0.1, 0.15) is 5.82 Å². The van der Waals surface area contributed by atoms with Gasteiger partial charge in [-0.05, 0) is 45.2 Å². The fraction of sp³-hybridized carbons (Fsp3) is 0.786. The number of imidazole rings is 1. The van der Waals surface area contributed by atoms with E-state index >= 15 is 0 Å². The Morgan fingerprint density at radius 1 is 1.33 bits per heavy atom. The Morgan fingerprint density at radius 2 is 2.17 bits per heavy atom. The van der Waals surface area contributed by atoms with Crippen LogP contribution in [0.1, 0.15) is 49.9 Å². The first-order valence-corrected chi connectivity index (χ1v) is 7.24. The van der Waals surface area contributed by atoms with Crippen LogP contribution in [-0.2, 0) is 4.74 Å². The minimum atomic E-state index is 0.154. The van der Waals surface area contributed by atoms with Crippen molar-refractivity contribution in [1.82, 2.24) is 14.9 Å². The molecule has 0 bridgehead atoms. The van der Waals surface area contributed by atoms with Gasteiger partial charge in [-0.2, -0.15) is 0 Å². The van der Waals surface area contributed by atoms with E-state index in [1.807, 2.05) is 6.20 Å². The van der Waals surface area contributed by atoms with Gasteiger partial charge in [0.25, 0.3) is 0 Å². The molecule has 2 saturated heterocycles. The van der Waals surface area contributed by atoms with Crippen molar-refractivity contribution in [2.24, 2.45) is 0 Å². The third-order valence-electron chi connectivity index (χ3n) is 4.74. The number of piperidine rings is 1. The van der Waals surface area contributed by atoms with Gasteiger partial charge in [0.05, 0.1) is 18.2 Å². The van der Waals surface area contributed by atoms with Gasteiger partial charge in [-0.1, -0.05) is 0 Å². The first kappa shape index (κ1) is 11.0. The fourth-order valence-electron chi connectivity index (χ4n) is 3.52. The van der Waals surface area contributed by atoms with E-state index in [2.05, 4.69) is 21.1 Å². The predicted octanol–water partition coefficient (Wildman–Crippen LogP) is 1.84. The van der Waals surface area contributed by atoms with E-state index in [4.69, 9.17) is 4.74 Å². The Kier molecular flexibility index (Phi) is 2.49. The molecule has 1 atom stereocenters. The zero-order chi connectivity index (χ0) is 12.0. The molecule has 3 heterocycles. The molecule has 1 aliphatic carbocycles. The summed E-state index contributed by atoms with van der Waals surface area (Å²) >= 11 is 0. The molecular weight excluding hydrogens is 226 g/mol. The summed E-state index contributed by atoms with van der Waals surface area (Å²) in [5.74, 6) is 2.03. The molecule has 1 aromatic heterocycles. The Hall–Kier alpha value is -0.870. The molecule has 98 valence electrons. The highest BCUT2D eigenvalue weighted by molar-refractivity contribution is 5.10. The van der Waals surface area contributed by atoms with Crippen LogP contribution in [0.25, 0.3) is 0 Å². The average Bonchev–Trinajstić information content (AvgIpc) is 2.99. The largest absolute Gasteiger partial charge is 0.373 e. The first-order chi connectivity index (χ1) is 8.86. The average molecular weight is 247 g/mol. The van der Waals surface area contributed by atoms with Crippen molar-refractivity contribution in [3.63, 3.8) is 0 Å². The lowest BCUT2D eigenvalue weighted by Crippen LogP contribution is -2.41. The summed E-state index contributed by atoms with van der Waals surface area (Å²) in [5, 5.41) is 3.43. The summed E-state index contributed by atoms with van der Waals surface area (Å²) in [6.45, 7) is 3.08. The van der Waals surface area contributed by atoms with Crippen LogP contribution in [0.3, 0.4) is 0 Å². The van der Waals surface area contributed by atoms with Crippen LogP contribution in [0, 0.1) is 0 Å². The smallest absolute Gasteiger partial charge is 0.112 e. The van der Waals surface area contributed by atoms with Crippen molar-refractivity contribution < 1.29 is 4.74 Å². The summed E-state index contributed by atoms with van der Waals surface area (Å²) in [6.07, 6.45) is 10.3. The van der Waals surface area contributed by atoms with Gasteiger partial charge in [0.2, 0.25) is 0 Å². The Morgan fingerprint density at radius 3 is 2.94 bits per heavy atom. The van der Waals surface area contributed by atoms with Crippen LogP contribution in [0.4, 0.5) is 0 Å². The highest BCUT2D eigenvalue weighted by Gasteiger charge is 2.43. The standard InChI is InChI=1S/C14H21N3O/c1-2-11(1)13-16-7-8-17(13)12-9-14(18-10-12)3-5-15-6-4-14/h7-8,11-12,15H,1-6,9-10H2. The van der Waals surface area contributed by atoms with Gasteiger partial charge in [-0.25, -0.2) is 4.98 Å². The SMILES string of the molecule is c1cn(C2COC3(CCNCC3)C2)c(C2CC2)n1. The van der Waals surface area contributed by atoms with Gasteiger partial charge in [0, 0.05) is 18.3 Å². The van der Waals surface area contributed by atoms with Crippen LogP contribution in [-0.4, -0.2) is 34.8 Å². The number of aromatic nitrogens is 2. The molecule has 4 rings (SSSR count). The molecule has 1 unspecified atom stereocenters. The molecule has 2 aliphatic heterocycles. The third kappa shape index (κ3) is 1.79. The number of nitrogens with one attached hydrogen (secondary N) is 1.